The minimum Gasteiger partial charge on any atom is -0.512 e. The second-order valence-electron chi connectivity index (χ2n) is 7.22. The molecule has 0 saturated heterocycles. The first-order chi connectivity index (χ1) is 11.7. The van der Waals surface area contributed by atoms with Crippen molar-refractivity contribution in [2.45, 2.75) is 70.9 Å². The van der Waals surface area contributed by atoms with E-state index >= 15 is 0 Å². The van der Waals surface area contributed by atoms with E-state index in [-0.39, 0.29) is 24.4 Å². The van der Waals surface area contributed by atoms with Gasteiger partial charge in [-0.1, -0.05) is 19.3 Å². The maximum absolute atomic E-state index is 12.5. The molecule has 0 aromatic carbocycles. The number of nitrogens with zero attached hydrogens (tertiary/aromatic N) is 1. The first kappa shape index (κ1) is 21.3. The van der Waals surface area contributed by atoms with Crippen molar-refractivity contribution >= 4 is 12.1 Å². The number of rotatable bonds is 7. The van der Waals surface area contributed by atoms with Gasteiger partial charge in [-0.3, -0.25) is 0 Å². The Balaban J connectivity index is 2.94. The molecular weight excluding hydrogens is 326 g/mol. The van der Waals surface area contributed by atoms with Gasteiger partial charge in [0.1, 0.15) is 11.4 Å². The first-order valence-corrected chi connectivity index (χ1v) is 8.82. The predicted molar refractivity (Wildman–Crippen MR) is 93.2 cm³/mol. The van der Waals surface area contributed by atoms with Crippen molar-refractivity contribution in [1.29, 1.82) is 0 Å². The second kappa shape index (κ2) is 9.65. The number of methoxy groups -OCH3 is 1. The van der Waals surface area contributed by atoms with Gasteiger partial charge in [-0.05, 0) is 33.6 Å². The molecule has 25 heavy (non-hydrogen) atoms. The van der Waals surface area contributed by atoms with E-state index < -0.39 is 23.7 Å². The summed E-state index contributed by atoms with van der Waals surface area (Å²) in [6.07, 6.45) is 3.46. The van der Waals surface area contributed by atoms with Crippen LogP contribution >= 0.6 is 0 Å². The summed E-state index contributed by atoms with van der Waals surface area (Å²) in [6, 6.07) is -0.565. The van der Waals surface area contributed by atoms with Gasteiger partial charge in [-0.25, -0.2) is 9.59 Å². The minimum absolute atomic E-state index is 0.0213. The number of unbranched alkanes of at least 4 members (excludes halogenated alkanes) is 3. The van der Waals surface area contributed by atoms with E-state index in [1.54, 1.807) is 20.8 Å². The van der Waals surface area contributed by atoms with Crippen LogP contribution in [0.2, 0.25) is 0 Å². The Labute approximate surface area is 149 Å². The highest BCUT2D eigenvalue weighted by Crippen LogP contribution is 2.29. The highest BCUT2D eigenvalue weighted by Gasteiger charge is 2.38. The van der Waals surface area contributed by atoms with Crippen LogP contribution in [-0.4, -0.2) is 59.1 Å². The van der Waals surface area contributed by atoms with Crippen LogP contribution in [0.25, 0.3) is 0 Å². The molecule has 1 rings (SSSR count). The number of ether oxygens (including phenoxy) is 2. The standard InChI is InChI=1S/C18H31NO6/c1-18(2,3)25-17(23)19-11-10-14(21)15(16(22)24-4)13(19)9-7-5-6-8-12-20/h13,20-21H,5-12H2,1-4H3/t13-/m1/s1. The highest BCUT2D eigenvalue weighted by atomic mass is 16.6. The Morgan fingerprint density at radius 1 is 1.20 bits per heavy atom. The molecule has 0 aromatic rings. The number of esters is 1. The summed E-state index contributed by atoms with van der Waals surface area (Å²) in [5.74, 6) is -0.641. The van der Waals surface area contributed by atoms with Crippen molar-refractivity contribution in [2.24, 2.45) is 0 Å². The van der Waals surface area contributed by atoms with Gasteiger partial charge in [0, 0.05) is 19.6 Å². The maximum atomic E-state index is 12.5. The van der Waals surface area contributed by atoms with Crippen LogP contribution < -0.4 is 0 Å². The van der Waals surface area contributed by atoms with E-state index in [2.05, 4.69) is 0 Å². The van der Waals surface area contributed by atoms with Crippen LogP contribution in [0.15, 0.2) is 11.3 Å². The SMILES string of the molecule is COC(=O)C1=C(O)CCN(C(=O)OC(C)(C)C)[C@@H]1CCCCCCO. The number of aliphatic hydroxyl groups excluding tert-OH is 2. The maximum Gasteiger partial charge on any atom is 0.410 e. The third kappa shape index (κ3) is 6.57. The minimum atomic E-state index is -0.641. The van der Waals surface area contributed by atoms with Gasteiger partial charge in [-0.15, -0.1) is 0 Å². The molecule has 1 aliphatic rings. The third-order valence-electron chi connectivity index (χ3n) is 4.03. The van der Waals surface area contributed by atoms with E-state index in [4.69, 9.17) is 14.6 Å². The Morgan fingerprint density at radius 3 is 2.40 bits per heavy atom. The van der Waals surface area contributed by atoms with Crippen LogP contribution in [-0.2, 0) is 14.3 Å². The topological polar surface area (TPSA) is 96.3 Å². The van der Waals surface area contributed by atoms with Gasteiger partial charge < -0.3 is 24.6 Å². The Kier molecular flexibility index (Phi) is 8.22. The van der Waals surface area contributed by atoms with Gasteiger partial charge in [0.25, 0.3) is 0 Å². The first-order valence-electron chi connectivity index (χ1n) is 8.82. The fourth-order valence-corrected chi connectivity index (χ4v) is 2.87. The zero-order chi connectivity index (χ0) is 19.0. The van der Waals surface area contributed by atoms with Crippen LogP contribution in [0.4, 0.5) is 4.79 Å². The van der Waals surface area contributed by atoms with Crippen molar-refractivity contribution in [2.75, 3.05) is 20.3 Å². The molecule has 0 unspecified atom stereocenters. The lowest BCUT2D eigenvalue weighted by molar-refractivity contribution is -0.137. The predicted octanol–water partition coefficient (Wildman–Crippen LogP) is 2.92. The molecule has 1 heterocycles. The molecule has 0 saturated carbocycles. The Morgan fingerprint density at radius 2 is 1.84 bits per heavy atom. The molecule has 7 nitrogen and oxygen atoms in total. The zero-order valence-electron chi connectivity index (χ0n) is 15.7. The monoisotopic (exact) mass is 357 g/mol. The average molecular weight is 357 g/mol. The van der Waals surface area contributed by atoms with E-state index in [0.29, 0.717) is 13.0 Å². The lowest BCUT2D eigenvalue weighted by Crippen LogP contribution is -2.49. The van der Waals surface area contributed by atoms with Crippen LogP contribution in [0.5, 0.6) is 0 Å². The molecule has 0 spiro atoms. The van der Waals surface area contributed by atoms with Crippen molar-refractivity contribution < 1.29 is 29.3 Å². The third-order valence-corrected chi connectivity index (χ3v) is 4.03. The van der Waals surface area contributed by atoms with Gasteiger partial charge >= 0.3 is 12.1 Å². The van der Waals surface area contributed by atoms with E-state index in [1.165, 1.54) is 12.0 Å². The number of hydrogen-bond acceptors (Lipinski definition) is 6. The summed E-state index contributed by atoms with van der Waals surface area (Å²) < 4.78 is 10.2. The molecule has 2 N–H and O–H groups in total. The van der Waals surface area contributed by atoms with Gasteiger partial charge in [-0.2, -0.15) is 0 Å². The molecule has 0 aromatic heterocycles. The number of amides is 1. The van der Waals surface area contributed by atoms with Gasteiger partial charge in [0.05, 0.1) is 18.7 Å². The van der Waals surface area contributed by atoms with E-state index in [0.717, 1.165) is 25.7 Å². The van der Waals surface area contributed by atoms with Crippen LogP contribution in [0, 0.1) is 0 Å². The fourth-order valence-electron chi connectivity index (χ4n) is 2.87. The van der Waals surface area contributed by atoms with Crippen molar-refractivity contribution in [3.63, 3.8) is 0 Å². The van der Waals surface area contributed by atoms with Gasteiger partial charge in [0.2, 0.25) is 0 Å². The van der Waals surface area contributed by atoms with Crippen LogP contribution in [0.1, 0.15) is 59.3 Å². The zero-order valence-corrected chi connectivity index (χ0v) is 15.7. The van der Waals surface area contributed by atoms with E-state index in [9.17, 15) is 14.7 Å². The normalized spacial score (nSPS) is 18.3. The lowest BCUT2D eigenvalue weighted by Gasteiger charge is -2.37. The molecular formula is C18H31NO6. The lowest BCUT2D eigenvalue weighted by atomic mass is 9.93. The summed E-state index contributed by atoms with van der Waals surface area (Å²) in [5.41, 5.74) is -0.501. The molecule has 1 aliphatic heterocycles. The number of carbonyl (C=O) groups excluding carboxylic acids is 2. The molecule has 0 radical (unpaired) electrons. The van der Waals surface area contributed by atoms with Crippen LogP contribution in [0.3, 0.4) is 0 Å². The summed E-state index contributed by atoms with van der Waals surface area (Å²) in [6.45, 7) is 5.80. The highest BCUT2D eigenvalue weighted by molar-refractivity contribution is 5.91. The summed E-state index contributed by atoms with van der Waals surface area (Å²) in [5, 5.41) is 19.0. The Hall–Kier alpha value is -1.76. The molecule has 0 aliphatic carbocycles. The molecule has 144 valence electrons. The second-order valence-corrected chi connectivity index (χ2v) is 7.22. The molecule has 1 amide bonds. The molecule has 0 bridgehead atoms. The van der Waals surface area contributed by atoms with E-state index in [1.807, 2.05) is 0 Å². The largest absolute Gasteiger partial charge is 0.512 e. The fraction of sp³-hybridized carbons (Fsp3) is 0.778. The number of hydrogen-bond donors (Lipinski definition) is 2. The Bertz CT molecular complexity index is 494. The van der Waals surface area contributed by atoms with Crippen molar-refractivity contribution in [3.05, 3.63) is 11.3 Å². The quantitative estimate of drug-likeness (QED) is 0.537. The summed E-state index contributed by atoms with van der Waals surface area (Å²) in [7, 11) is 1.26. The summed E-state index contributed by atoms with van der Waals surface area (Å²) >= 11 is 0. The summed E-state index contributed by atoms with van der Waals surface area (Å²) in [4.78, 5) is 26.2. The molecule has 7 heteroatoms. The smallest absolute Gasteiger partial charge is 0.410 e. The average Bonchev–Trinajstić information content (AvgIpc) is 2.52. The molecule has 0 fully saturated rings. The van der Waals surface area contributed by atoms with Crippen molar-refractivity contribution in [3.8, 4) is 0 Å². The van der Waals surface area contributed by atoms with Crippen molar-refractivity contribution in [1.82, 2.24) is 4.90 Å². The number of aliphatic hydroxyl groups is 2. The van der Waals surface area contributed by atoms with Gasteiger partial charge in [0.15, 0.2) is 0 Å². The number of carbonyl (C=O) groups is 2. The molecule has 1 atom stereocenters.